The largest absolute Gasteiger partial charge is 0.469 e. The topological polar surface area (TPSA) is 56.1 Å². The van der Waals surface area contributed by atoms with Crippen LogP contribution in [0.15, 0.2) is 6.20 Å². The number of ether oxygens (including phenoxy) is 1. The SMILES string of the molecule is COC(=O)C1CNc2cnn(C)c2C1. The van der Waals surface area contributed by atoms with Gasteiger partial charge in [0.2, 0.25) is 0 Å². The Morgan fingerprint density at radius 2 is 2.57 bits per heavy atom. The van der Waals surface area contributed by atoms with Gasteiger partial charge >= 0.3 is 5.97 Å². The second-order valence-electron chi connectivity index (χ2n) is 3.43. The van der Waals surface area contributed by atoms with Crippen LogP contribution in [0, 0.1) is 5.92 Å². The Balaban J connectivity index is 2.20. The summed E-state index contributed by atoms with van der Waals surface area (Å²) < 4.78 is 6.50. The van der Waals surface area contributed by atoms with Crippen LogP contribution in [0.1, 0.15) is 5.69 Å². The molecule has 0 bridgehead atoms. The number of aromatic nitrogens is 2. The van der Waals surface area contributed by atoms with E-state index in [0.29, 0.717) is 13.0 Å². The molecule has 2 heterocycles. The lowest BCUT2D eigenvalue weighted by molar-refractivity contribution is -0.145. The molecular weight excluding hydrogens is 182 g/mol. The van der Waals surface area contributed by atoms with Crippen LogP contribution in [0.2, 0.25) is 0 Å². The zero-order valence-corrected chi connectivity index (χ0v) is 8.28. The van der Waals surface area contributed by atoms with Crippen molar-refractivity contribution in [2.45, 2.75) is 6.42 Å². The molecule has 1 N–H and O–H groups in total. The molecular formula is C9H13N3O2. The average Bonchev–Trinajstić information content (AvgIpc) is 2.59. The van der Waals surface area contributed by atoms with E-state index < -0.39 is 0 Å². The first kappa shape index (κ1) is 9.05. The van der Waals surface area contributed by atoms with Crippen LogP contribution in [-0.2, 0) is 23.0 Å². The molecule has 1 unspecified atom stereocenters. The third kappa shape index (κ3) is 1.34. The molecule has 0 aliphatic carbocycles. The molecule has 1 aliphatic heterocycles. The van der Waals surface area contributed by atoms with Crippen molar-refractivity contribution in [1.29, 1.82) is 0 Å². The van der Waals surface area contributed by atoms with Gasteiger partial charge in [-0.2, -0.15) is 5.10 Å². The number of aryl methyl sites for hydroxylation is 1. The number of carbonyl (C=O) groups excluding carboxylic acids is 1. The lowest BCUT2D eigenvalue weighted by Gasteiger charge is -2.21. The fraction of sp³-hybridized carbons (Fsp3) is 0.556. The normalized spacial score (nSPS) is 19.7. The molecule has 0 saturated carbocycles. The van der Waals surface area contributed by atoms with E-state index in [9.17, 15) is 4.79 Å². The van der Waals surface area contributed by atoms with Crippen molar-refractivity contribution in [3.8, 4) is 0 Å². The van der Waals surface area contributed by atoms with Gasteiger partial charge < -0.3 is 10.1 Å². The maximum atomic E-state index is 11.3. The van der Waals surface area contributed by atoms with Gasteiger partial charge in [-0.05, 0) is 0 Å². The molecule has 0 spiro atoms. The zero-order chi connectivity index (χ0) is 10.1. The van der Waals surface area contributed by atoms with E-state index in [2.05, 4.69) is 10.4 Å². The molecule has 0 aromatic carbocycles. The van der Waals surface area contributed by atoms with Crippen molar-refractivity contribution in [3.63, 3.8) is 0 Å². The van der Waals surface area contributed by atoms with Gasteiger partial charge in [0.15, 0.2) is 0 Å². The Morgan fingerprint density at radius 1 is 1.79 bits per heavy atom. The van der Waals surface area contributed by atoms with Crippen molar-refractivity contribution in [3.05, 3.63) is 11.9 Å². The first-order valence-corrected chi connectivity index (χ1v) is 4.55. The summed E-state index contributed by atoms with van der Waals surface area (Å²) >= 11 is 0. The number of rotatable bonds is 1. The third-order valence-electron chi connectivity index (χ3n) is 2.57. The molecule has 0 saturated heterocycles. The third-order valence-corrected chi connectivity index (χ3v) is 2.57. The van der Waals surface area contributed by atoms with E-state index in [0.717, 1.165) is 11.4 Å². The number of hydrogen-bond donors (Lipinski definition) is 1. The summed E-state index contributed by atoms with van der Waals surface area (Å²) in [6.07, 6.45) is 2.48. The van der Waals surface area contributed by atoms with Gasteiger partial charge in [-0.1, -0.05) is 0 Å². The molecule has 14 heavy (non-hydrogen) atoms. The lowest BCUT2D eigenvalue weighted by atomic mass is 9.99. The van der Waals surface area contributed by atoms with Crippen LogP contribution in [0.25, 0.3) is 0 Å². The van der Waals surface area contributed by atoms with Gasteiger partial charge in [0.05, 0.1) is 30.6 Å². The second kappa shape index (κ2) is 3.32. The number of fused-ring (bicyclic) bond motifs is 1. The standard InChI is InChI=1S/C9H13N3O2/c1-12-8-3-6(9(13)14-2)4-10-7(8)5-11-12/h5-6,10H,3-4H2,1-2H3. The van der Waals surface area contributed by atoms with E-state index in [1.807, 2.05) is 7.05 Å². The number of anilines is 1. The quantitative estimate of drug-likeness (QED) is 0.649. The van der Waals surface area contributed by atoms with Crippen LogP contribution in [0.4, 0.5) is 5.69 Å². The fourth-order valence-corrected chi connectivity index (χ4v) is 1.72. The van der Waals surface area contributed by atoms with Crippen molar-refractivity contribution < 1.29 is 9.53 Å². The molecule has 76 valence electrons. The van der Waals surface area contributed by atoms with Crippen molar-refractivity contribution in [1.82, 2.24) is 9.78 Å². The molecule has 5 heteroatoms. The predicted molar refractivity (Wildman–Crippen MR) is 50.9 cm³/mol. The van der Waals surface area contributed by atoms with Crippen molar-refractivity contribution in [2.75, 3.05) is 19.0 Å². The molecule has 2 rings (SSSR count). The van der Waals surface area contributed by atoms with Gasteiger partial charge in [0, 0.05) is 20.0 Å². The molecule has 0 amide bonds. The molecule has 5 nitrogen and oxygen atoms in total. The summed E-state index contributed by atoms with van der Waals surface area (Å²) in [5, 5.41) is 7.28. The van der Waals surface area contributed by atoms with Gasteiger partial charge in [-0.15, -0.1) is 0 Å². The smallest absolute Gasteiger partial charge is 0.310 e. The van der Waals surface area contributed by atoms with E-state index in [1.54, 1.807) is 10.9 Å². The minimum Gasteiger partial charge on any atom is -0.469 e. The second-order valence-corrected chi connectivity index (χ2v) is 3.43. The van der Waals surface area contributed by atoms with E-state index >= 15 is 0 Å². The number of hydrogen-bond acceptors (Lipinski definition) is 4. The van der Waals surface area contributed by atoms with Crippen molar-refractivity contribution >= 4 is 11.7 Å². The fourth-order valence-electron chi connectivity index (χ4n) is 1.72. The number of methoxy groups -OCH3 is 1. The Labute approximate surface area is 82.0 Å². The van der Waals surface area contributed by atoms with E-state index in [1.165, 1.54) is 7.11 Å². The summed E-state index contributed by atoms with van der Waals surface area (Å²) in [6.45, 7) is 0.630. The Hall–Kier alpha value is -1.52. The van der Waals surface area contributed by atoms with E-state index in [4.69, 9.17) is 4.74 Å². The van der Waals surface area contributed by atoms with Crippen LogP contribution in [0.5, 0.6) is 0 Å². The number of esters is 1. The first-order valence-electron chi connectivity index (χ1n) is 4.55. The predicted octanol–water partition coefficient (Wildman–Crippen LogP) is 0.177. The average molecular weight is 195 g/mol. The zero-order valence-electron chi connectivity index (χ0n) is 8.28. The highest BCUT2D eigenvalue weighted by Crippen LogP contribution is 2.24. The van der Waals surface area contributed by atoms with Gasteiger partial charge in [0.25, 0.3) is 0 Å². The Morgan fingerprint density at radius 3 is 3.29 bits per heavy atom. The lowest BCUT2D eigenvalue weighted by Crippen LogP contribution is -2.31. The highest BCUT2D eigenvalue weighted by Gasteiger charge is 2.27. The summed E-state index contributed by atoms with van der Waals surface area (Å²) in [4.78, 5) is 11.3. The monoisotopic (exact) mass is 195 g/mol. The van der Waals surface area contributed by atoms with Crippen LogP contribution in [0.3, 0.4) is 0 Å². The number of nitrogens with zero attached hydrogens (tertiary/aromatic N) is 2. The molecule has 0 radical (unpaired) electrons. The molecule has 1 aromatic rings. The summed E-state index contributed by atoms with van der Waals surface area (Å²) in [5.41, 5.74) is 2.08. The van der Waals surface area contributed by atoms with E-state index in [-0.39, 0.29) is 11.9 Å². The van der Waals surface area contributed by atoms with Crippen LogP contribution in [-0.4, -0.2) is 29.4 Å². The number of carbonyl (C=O) groups is 1. The Bertz CT molecular complexity index is 359. The maximum Gasteiger partial charge on any atom is 0.310 e. The minimum atomic E-state index is -0.163. The first-order chi connectivity index (χ1) is 6.72. The summed E-state index contributed by atoms with van der Waals surface area (Å²) in [6, 6.07) is 0. The van der Waals surface area contributed by atoms with Gasteiger partial charge in [-0.3, -0.25) is 9.48 Å². The van der Waals surface area contributed by atoms with Gasteiger partial charge in [0.1, 0.15) is 0 Å². The maximum absolute atomic E-state index is 11.3. The molecule has 1 atom stereocenters. The van der Waals surface area contributed by atoms with Gasteiger partial charge in [-0.25, -0.2) is 0 Å². The molecule has 1 aromatic heterocycles. The molecule has 0 fully saturated rings. The highest BCUT2D eigenvalue weighted by atomic mass is 16.5. The van der Waals surface area contributed by atoms with Crippen LogP contribution >= 0.6 is 0 Å². The van der Waals surface area contributed by atoms with Crippen molar-refractivity contribution in [2.24, 2.45) is 13.0 Å². The Kier molecular flexibility index (Phi) is 2.15. The summed E-state index contributed by atoms with van der Waals surface area (Å²) in [7, 11) is 3.29. The number of nitrogens with one attached hydrogen (secondary N) is 1. The van der Waals surface area contributed by atoms with Crippen LogP contribution < -0.4 is 5.32 Å². The summed E-state index contributed by atoms with van der Waals surface area (Å²) in [5.74, 6) is -0.257. The minimum absolute atomic E-state index is 0.0945. The molecule has 1 aliphatic rings. The highest BCUT2D eigenvalue weighted by molar-refractivity contribution is 5.74.